The summed E-state index contributed by atoms with van der Waals surface area (Å²) in [6.07, 6.45) is 0.909. The number of nitrogens with zero attached hydrogens (tertiary/aromatic N) is 2. The number of carbonyl (C=O) groups excluding carboxylic acids is 1. The number of phenols is 1. The Morgan fingerprint density at radius 2 is 2.15 bits per heavy atom. The van der Waals surface area contributed by atoms with Crippen LogP contribution in [-0.2, 0) is 9.53 Å². The number of benzene rings is 1. The van der Waals surface area contributed by atoms with Crippen molar-refractivity contribution in [1.29, 1.82) is 0 Å². The van der Waals surface area contributed by atoms with Gasteiger partial charge in [-0.25, -0.2) is 0 Å². The number of morpholine rings is 1. The van der Waals surface area contributed by atoms with Gasteiger partial charge in [-0.2, -0.15) is 0 Å². The van der Waals surface area contributed by atoms with E-state index in [2.05, 4.69) is 10.2 Å². The SMILES string of the molecule is O=C1CN(C[C@H]2CNCCO2)C[C@@H]2C[C@H](c3c(O)ccc(Cl)c3Cl)CN12. The Morgan fingerprint density at radius 3 is 2.92 bits per heavy atom. The maximum Gasteiger partial charge on any atom is 0.237 e. The fourth-order valence-electron chi connectivity index (χ4n) is 4.36. The highest BCUT2D eigenvalue weighted by atomic mass is 35.5. The molecule has 6 nitrogen and oxygen atoms in total. The molecule has 3 aliphatic heterocycles. The second-order valence-electron chi connectivity index (χ2n) is 7.32. The second kappa shape index (κ2) is 7.52. The summed E-state index contributed by atoms with van der Waals surface area (Å²) in [6, 6.07) is 3.30. The summed E-state index contributed by atoms with van der Waals surface area (Å²) < 4.78 is 5.77. The fraction of sp³-hybridized carbons (Fsp3) is 0.611. The van der Waals surface area contributed by atoms with Crippen molar-refractivity contribution in [1.82, 2.24) is 15.1 Å². The number of ether oxygens (including phenoxy) is 1. The molecule has 3 saturated heterocycles. The topological polar surface area (TPSA) is 65.0 Å². The number of piperazine rings is 1. The van der Waals surface area contributed by atoms with Crippen LogP contribution in [0.1, 0.15) is 17.9 Å². The van der Waals surface area contributed by atoms with Crippen LogP contribution in [0.4, 0.5) is 0 Å². The highest BCUT2D eigenvalue weighted by Gasteiger charge is 2.42. The van der Waals surface area contributed by atoms with Crippen molar-refractivity contribution in [3.05, 3.63) is 27.7 Å². The lowest BCUT2D eigenvalue weighted by Gasteiger charge is -2.39. The molecule has 3 aliphatic rings. The number of hydrogen-bond acceptors (Lipinski definition) is 5. The van der Waals surface area contributed by atoms with Gasteiger partial charge in [0, 0.05) is 50.2 Å². The fourth-order valence-corrected chi connectivity index (χ4v) is 4.84. The number of hydrogen-bond donors (Lipinski definition) is 2. The zero-order valence-corrected chi connectivity index (χ0v) is 16.0. The maximum atomic E-state index is 12.6. The highest BCUT2D eigenvalue weighted by molar-refractivity contribution is 6.42. The number of nitrogens with one attached hydrogen (secondary N) is 1. The molecular formula is C18H23Cl2N3O3. The molecule has 3 fully saturated rings. The summed E-state index contributed by atoms with van der Waals surface area (Å²) in [7, 11) is 0. The number of fused-ring (bicyclic) bond motifs is 1. The molecular weight excluding hydrogens is 377 g/mol. The van der Waals surface area contributed by atoms with Gasteiger partial charge in [0.1, 0.15) is 5.75 Å². The third-order valence-corrected chi connectivity index (χ3v) is 6.37. The minimum atomic E-state index is 0.00250. The van der Waals surface area contributed by atoms with Crippen LogP contribution in [0, 0.1) is 0 Å². The molecule has 1 amide bonds. The highest BCUT2D eigenvalue weighted by Crippen LogP contribution is 2.43. The molecule has 0 bridgehead atoms. The Balaban J connectivity index is 1.46. The monoisotopic (exact) mass is 399 g/mol. The molecule has 1 aromatic carbocycles. The number of carbonyl (C=O) groups is 1. The minimum Gasteiger partial charge on any atom is -0.508 e. The van der Waals surface area contributed by atoms with Crippen molar-refractivity contribution < 1.29 is 14.6 Å². The van der Waals surface area contributed by atoms with Crippen molar-refractivity contribution in [2.45, 2.75) is 24.5 Å². The Hall–Kier alpha value is -1.05. The van der Waals surface area contributed by atoms with E-state index in [9.17, 15) is 9.90 Å². The summed E-state index contributed by atoms with van der Waals surface area (Å²) >= 11 is 12.5. The zero-order chi connectivity index (χ0) is 18.3. The van der Waals surface area contributed by atoms with Gasteiger partial charge in [0.2, 0.25) is 5.91 Å². The molecule has 0 saturated carbocycles. The van der Waals surface area contributed by atoms with Gasteiger partial charge in [-0.05, 0) is 18.6 Å². The van der Waals surface area contributed by atoms with Gasteiger partial charge in [0.05, 0.1) is 29.3 Å². The first-order valence-corrected chi connectivity index (χ1v) is 9.79. The Kier molecular flexibility index (Phi) is 5.30. The van der Waals surface area contributed by atoms with E-state index in [1.54, 1.807) is 12.1 Å². The van der Waals surface area contributed by atoms with Gasteiger partial charge in [0.15, 0.2) is 0 Å². The largest absolute Gasteiger partial charge is 0.508 e. The lowest BCUT2D eigenvalue weighted by Crippen LogP contribution is -2.56. The van der Waals surface area contributed by atoms with Crippen molar-refractivity contribution in [3.63, 3.8) is 0 Å². The predicted octanol–water partition coefficient (Wildman–Crippen LogP) is 1.69. The standard InChI is InChI=1S/C18H23Cl2N3O3/c19-14-1-2-15(24)17(18(14)20)11-5-12-8-22(10-16(25)23(12)7-11)9-13-6-21-3-4-26-13/h1-2,11-13,21,24H,3-10H2/t11-,12-,13+/m0/s1. The van der Waals surface area contributed by atoms with Crippen molar-refractivity contribution >= 4 is 29.1 Å². The van der Waals surface area contributed by atoms with Gasteiger partial charge in [-0.1, -0.05) is 23.2 Å². The first kappa shape index (κ1) is 18.3. The van der Waals surface area contributed by atoms with Crippen LogP contribution in [-0.4, -0.2) is 78.8 Å². The number of halogens is 2. The summed E-state index contributed by atoms with van der Waals surface area (Å²) in [4.78, 5) is 16.8. The molecule has 8 heteroatoms. The number of rotatable bonds is 3. The van der Waals surface area contributed by atoms with E-state index in [-0.39, 0.29) is 29.7 Å². The third kappa shape index (κ3) is 3.53. The van der Waals surface area contributed by atoms with E-state index in [0.717, 1.165) is 39.2 Å². The maximum absolute atomic E-state index is 12.6. The second-order valence-corrected chi connectivity index (χ2v) is 8.10. The van der Waals surface area contributed by atoms with E-state index in [4.69, 9.17) is 27.9 Å². The average Bonchev–Trinajstić information content (AvgIpc) is 3.04. The van der Waals surface area contributed by atoms with E-state index in [1.807, 2.05) is 4.90 Å². The Bertz CT molecular complexity index is 697. The lowest BCUT2D eigenvalue weighted by atomic mass is 9.95. The van der Waals surface area contributed by atoms with Crippen molar-refractivity contribution in [3.8, 4) is 5.75 Å². The molecule has 4 rings (SSSR count). The lowest BCUT2D eigenvalue weighted by molar-refractivity contribution is -0.138. The van der Waals surface area contributed by atoms with E-state index in [0.29, 0.717) is 28.7 Å². The Morgan fingerprint density at radius 1 is 1.31 bits per heavy atom. The van der Waals surface area contributed by atoms with Crippen LogP contribution in [0.15, 0.2) is 12.1 Å². The van der Waals surface area contributed by atoms with Gasteiger partial charge in [0.25, 0.3) is 0 Å². The molecule has 1 aromatic rings. The van der Waals surface area contributed by atoms with Gasteiger partial charge in [-0.3, -0.25) is 9.69 Å². The molecule has 3 heterocycles. The van der Waals surface area contributed by atoms with E-state index in [1.165, 1.54) is 0 Å². The average molecular weight is 400 g/mol. The molecule has 2 N–H and O–H groups in total. The number of amides is 1. The predicted molar refractivity (Wildman–Crippen MR) is 100 cm³/mol. The quantitative estimate of drug-likeness (QED) is 0.809. The van der Waals surface area contributed by atoms with Gasteiger partial charge >= 0.3 is 0 Å². The summed E-state index contributed by atoms with van der Waals surface area (Å²) in [5, 5.41) is 14.4. The molecule has 0 unspecified atom stereocenters. The molecule has 0 spiro atoms. The normalized spacial score (nSPS) is 29.8. The van der Waals surface area contributed by atoms with Gasteiger partial charge in [-0.15, -0.1) is 0 Å². The van der Waals surface area contributed by atoms with E-state index >= 15 is 0 Å². The van der Waals surface area contributed by atoms with Crippen LogP contribution in [0.3, 0.4) is 0 Å². The van der Waals surface area contributed by atoms with Crippen molar-refractivity contribution in [2.24, 2.45) is 0 Å². The van der Waals surface area contributed by atoms with Crippen LogP contribution < -0.4 is 5.32 Å². The molecule has 26 heavy (non-hydrogen) atoms. The molecule has 0 aliphatic carbocycles. The van der Waals surface area contributed by atoms with Gasteiger partial charge < -0.3 is 20.1 Å². The third-order valence-electron chi connectivity index (χ3n) is 5.55. The first-order chi connectivity index (χ1) is 12.5. The number of phenolic OH excluding ortho intramolecular Hbond substituents is 1. The summed E-state index contributed by atoms with van der Waals surface area (Å²) in [5.41, 5.74) is 0.660. The summed E-state index contributed by atoms with van der Waals surface area (Å²) in [5.74, 6) is 0.281. The zero-order valence-electron chi connectivity index (χ0n) is 14.5. The first-order valence-electron chi connectivity index (χ1n) is 9.04. The minimum absolute atomic E-state index is 0.00250. The summed E-state index contributed by atoms with van der Waals surface area (Å²) in [6.45, 7) is 5.00. The van der Waals surface area contributed by atoms with Crippen LogP contribution >= 0.6 is 23.2 Å². The van der Waals surface area contributed by atoms with E-state index < -0.39 is 0 Å². The Labute approximate surface area is 163 Å². The van der Waals surface area contributed by atoms with Crippen LogP contribution in [0.5, 0.6) is 5.75 Å². The smallest absolute Gasteiger partial charge is 0.237 e. The molecule has 0 radical (unpaired) electrons. The van der Waals surface area contributed by atoms with Crippen LogP contribution in [0.2, 0.25) is 10.0 Å². The molecule has 0 aromatic heterocycles. The number of aromatic hydroxyl groups is 1. The van der Waals surface area contributed by atoms with Crippen LogP contribution in [0.25, 0.3) is 0 Å². The molecule has 142 valence electrons. The van der Waals surface area contributed by atoms with Crippen molar-refractivity contribution in [2.75, 3.05) is 45.9 Å². The molecule has 3 atom stereocenters.